The number of hydrogen-bond donors (Lipinski definition) is 2. The largest absolute Gasteiger partial charge is 0.398 e. The molecule has 11 heteroatoms. The molecule has 0 bridgehead atoms. The Hall–Kier alpha value is -3.05. The topological polar surface area (TPSA) is 158 Å². The van der Waals surface area contributed by atoms with Crippen LogP contribution in [0.25, 0.3) is 0 Å². The van der Waals surface area contributed by atoms with Gasteiger partial charge in [-0.05, 0) is 25.0 Å². The Morgan fingerprint density at radius 3 is 2.23 bits per heavy atom. The number of para-hydroxylation sites is 1. The van der Waals surface area contributed by atoms with Gasteiger partial charge in [-0.1, -0.05) is 18.2 Å². The van der Waals surface area contributed by atoms with Gasteiger partial charge in [0.25, 0.3) is 11.4 Å². The number of hydrogen-bond acceptors (Lipinski definition) is 7. The Balaban J connectivity index is 2.07. The second-order valence-electron chi connectivity index (χ2n) is 5.33. The van der Waals surface area contributed by atoms with Crippen molar-refractivity contribution in [2.24, 2.45) is 0 Å². The van der Waals surface area contributed by atoms with Gasteiger partial charge in [-0.3, -0.25) is 20.2 Å². The van der Waals surface area contributed by atoms with E-state index in [-0.39, 0.29) is 30.8 Å². The first-order valence-corrected chi connectivity index (χ1v) is 8.97. The average Bonchev–Trinajstić information content (AvgIpc) is 2.59. The number of anilines is 1. The summed E-state index contributed by atoms with van der Waals surface area (Å²) in [7, 11) is -4.08. The van der Waals surface area contributed by atoms with Gasteiger partial charge in [0.1, 0.15) is 0 Å². The number of nitrogens with one attached hydrogen (secondary N) is 1. The predicted molar refractivity (Wildman–Crippen MR) is 94.1 cm³/mol. The van der Waals surface area contributed by atoms with Gasteiger partial charge in [-0.25, -0.2) is 13.1 Å². The number of rotatable bonds is 8. The molecule has 2 rings (SSSR count). The zero-order valence-electron chi connectivity index (χ0n) is 13.5. The molecular formula is C15H16N4O6S. The zero-order valence-corrected chi connectivity index (χ0v) is 14.3. The normalized spacial score (nSPS) is 11.2. The Labute approximate surface area is 149 Å². The van der Waals surface area contributed by atoms with Crippen molar-refractivity contribution < 1.29 is 18.3 Å². The summed E-state index contributed by atoms with van der Waals surface area (Å²) >= 11 is 0. The number of sulfonamides is 1. The monoisotopic (exact) mass is 380 g/mol. The van der Waals surface area contributed by atoms with Crippen LogP contribution in [-0.4, -0.2) is 24.8 Å². The van der Waals surface area contributed by atoms with E-state index in [0.717, 1.165) is 12.1 Å². The number of benzene rings is 2. The summed E-state index contributed by atoms with van der Waals surface area (Å²) in [5.74, 6) is 0. The molecule has 0 aliphatic carbocycles. The smallest absolute Gasteiger partial charge is 0.289 e. The fourth-order valence-corrected chi connectivity index (χ4v) is 3.66. The van der Waals surface area contributed by atoms with E-state index < -0.39 is 30.5 Å². The molecule has 0 heterocycles. The van der Waals surface area contributed by atoms with Crippen molar-refractivity contribution in [2.75, 3.05) is 12.3 Å². The average molecular weight is 380 g/mol. The summed E-state index contributed by atoms with van der Waals surface area (Å²) < 4.78 is 26.8. The van der Waals surface area contributed by atoms with Gasteiger partial charge in [-0.15, -0.1) is 0 Å². The first-order chi connectivity index (χ1) is 12.2. The second kappa shape index (κ2) is 7.89. The van der Waals surface area contributed by atoms with Crippen molar-refractivity contribution in [3.8, 4) is 0 Å². The molecule has 0 aliphatic rings. The van der Waals surface area contributed by atoms with E-state index >= 15 is 0 Å². The van der Waals surface area contributed by atoms with Crippen molar-refractivity contribution in [2.45, 2.75) is 17.7 Å². The standard InChI is InChI=1S/C15H16N4O6S/c16-12-6-3-8-13(18(20)21)11(12)5-4-10-17-26(24,25)15-9-2-1-7-14(15)19(22)23/h1-3,6-9,17H,4-5,10,16H2. The number of nitro benzene ring substituents is 2. The summed E-state index contributed by atoms with van der Waals surface area (Å²) in [6.07, 6.45) is 0.414. The highest BCUT2D eigenvalue weighted by Gasteiger charge is 2.24. The fraction of sp³-hybridized carbons (Fsp3) is 0.200. The minimum absolute atomic E-state index is 0.0557. The minimum Gasteiger partial charge on any atom is -0.398 e. The van der Waals surface area contributed by atoms with E-state index in [1.54, 1.807) is 0 Å². The third-order valence-corrected chi connectivity index (χ3v) is 5.14. The molecule has 0 aromatic heterocycles. The molecule has 0 saturated heterocycles. The van der Waals surface area contributed by atoms with Gasteiger partial charge in [0.15, 0.2) is 4.90 Å². The first-order valence-electron chi connectivity index (χ1n) is 7.49. The fourth-order valence-electron chi connectivity index (χ4n) is 2.42. The summed E-state index contributed by atoms with van der Waals surface area (Å²) in [5.41, 5.74) is 5.67. The molecule has 0 atom stereocenters. The lowest BCUT2D eigenvalue weighted by atomic mass is 10.1. The molecule has 0 fully saturated rings. The van der Waals surface area contributed by atoms with E-state index in [9.17, 15) is 28.6 Å². The van der Waals surface area contributed by atoms with Gasteiger partial charge in [0.2, 0.25) is 10.0 Å². The van der Waals surface area contributed by atoms with Crippen LogP contribution in [0.15, 0.2) is 47.4 Å². The molecule has 0 spiro atoms. The van der Waals surface area contributed by atoms with Crippen molar-refractivity contribution in [3.63, 3.8) is 0 Å². The van der Waals surface area contributed by atoms with Crippen molar-refractivity contribution in [3.05, 3.63) is 68.3 Å². The number of nitrogens with zero attached hydrogens (tertiary/aromatic N) is 2. The maximum absolute atomic E-state index is 12.3. The lowest BCUT2D eigenvalue weighted by Crippen LogP contribution is -2.26. The van der Waals surface area contributed by atoms with Crippen LogP contribution in [-0.2, 0) is 16.4 Å². The van der Waals surface area contributed by atoms with Crippen LogP contribution >= 0.6 is 0 Å². The summed E-state index contributed by atoms with van der Waals surface area (Å²) in [6, 6.07) is 9.31. The van der Waals surface area contributed by atoms with Gasteiger partial charge in [-0.2, -0.15) is 0 Å². The lowest BCUT2D eigenvalue weighted by Gasteiger charge is -2.09. The molecule has 3 N–H and O–H groups in total. The van der Waals surface area contributed by atoms with E-state index in [2.05, 4.69) is 4.72 Å². The molecule has 2 aromatic rings. The highest BCUT2D eigenvalue weighted by atomic mass is 32.2. The van der Waals surface area contributed by atoms with Crippen LogP contribution in [0.4, 0.5) is 17.1 Å². The summed E-state index contributed by atoms with van der Waals surface area (Å²) in [4.78, 5) is 20.2. The molecule has 10 nitrogen and oxygen atoms in total. The van der Waals surface area contributed by atoms with Crippen molar-refractivity contribution >= 4 is 27.1 Å². The van der Waals surface area contributed by atoms with Crippen LogP contribution in [0, 0.1) is 20.2 Å². The van der Waals surface area contributed by atoms with Crippen LogP contribution in [0.3, 0.4) is 0 Å². The Bertz CT molecular complexity index is 945. The van der Waals surface area contributed by atoms with Gasteiger partial charge in [0.05, 0.1) is 15.4 Å². The molecule has 138 valence electrons. The Morgan fingerprint density at radius 2 is 1.58 bits per heavy atom. The van der Waals surface area contributed by atoms with Crippen molar-refractivity contribution in [1.29, 1.82) is 0 Å². The van der Waals surface area contributed by atoms with Crippen LogP contribution in [0.1, 0.15) is 12.0 Å². The maximum atomic E-state index is 12.3. The molecule has 2 aromatic carbocycles. The van der Waals surface area contributed by atoms with Gasteiger partial charge >= 0.3 is 0 Å². The highest BCUT2D eigenvalue weighted by Crippen LogP contribution is 2.26. The van der Waals surface area contributed by atoms with E-state index in [1.165, 1.54) is 30.3 Å². The third-order valence-electron chi connectivity index (χ3n) is 3.63. The van der Waals surface area contributed by atoms with Crippen LogP contribution in [0.2, 0.25) is 0 Å². The minimum atomic E-state index is -4.08. The predicted octanol–water partition coefficient (Wildman–Crippen LogP) is 2.00. The highest BCUT2D eigenvalue weighted by molar-refractivity contribution is 7.89. The first kappa shape index (κ1) is 19.3. The zero-order chi connectivity index (χ0) is 19.3. The molecule has 0 saturated carbocycles. The van der Waals surface area contributed by atoms with E-state index in [1.807, 2.05) is 0 Å². The summed E-state index contributed by atoms with van der Waals surface area (Å²) in [6.45, 7) is -0.0557. The quantitative estimate of drug-likeness (QED) is 0.306. The van der Waals surface area contributed by atoms with Gasteiger partial charge in [0, 0.05) is 24.4 Å². The Morgan fingerprint density at radius 1 is 0.962 bits per heavy atom. The van der Waals surface area contributed by atoms with Crippen LogP contribution < -0.4 is 10.5 Å². The molecule has 26 heavy (non-hydrogen) atoms. The Kier molecular flexibility index (Phi) is 5.85. The molecule has 0 unspecified atom stereocenters. The van der Waals surface area contributed by atoms with E-state index in [4.69, 9.17) is 5.73 Å². The maximum Gasteiger partial charge on any atom is 0.289 e. The van der Waals surface area contributed by atoms with E-state index in [0.29, 0.717) is 5.56 Å². The molecular weight excluding hydrogens is 364 g/mol. The van der Waals surface area contributed by atoms with Crippen LogP contribution in [0.5, 0.6) is 0 Å². The molecule has 0 aliphatic heterocycles. The van der Waals surface area contributed by atoms with Crippen molar-refractivity contribution in [1.82, 2.24) is 4.72 Å². The lowest BCUT2D eigenvalue weighted by molar-refractivity contribution is -0.387. The summed E-state index contributed by atoms with van der Waals surface area (Å²) in [5, 5.41) is 22.0. The SMILES string of the molecule is Nc1cccc([N+](=O)[O-])c1CCCNS(=O)(=O)c1ccccc1[N+](=O)[O-]. The molecule has 0 radical (unpaired) electrons. The second-order valence-corrected chi connectivity index (χ2v) is 7.06. The number of nitro groups is 2. The number of nitrogens with two attached hydrogens (primary N) is 1. The number of nitrogen functional groups attached to an aromatic ring is 1. The molecule has 0 amide bonds. The third kappa shape index (κ3) is 4.32. The van der Waals surface area contributed by atoms with Gasteiger partial charge < -0.3 is 5.73 Å².